The van der Waals surface area contributed by atoms with Crippen LogP contribution in [0.1, 0.15) is 0 Å². The first kappa shape index (κ1) is 29.4. The Morgan fingerprint density at radius 3 is 0.688 bits per heavy atom. The average Bonchev–Trinajstić information content (AvgIpc) is 1.81. The second kappa shape index (κ2) is 29.2. The summed E-state index contributed by atoms with van der Waals surface area (Å²) in [4.78, 5) is 24.8. The van der Waals surface area contributed by atoms with Crippen molar-refractivity contribution in [2.75, 3.05) is 0 Å². The summed E-state index contributed by atoms with van der Waals surface area (Å²) in [6, 6.07) is 0. The van der Waals surface area contributed by atoms with Crippen molar-refractivity contribution < 1.29 is 72.6 Å². The van der Waals surface area contributed by atoms with Crippen molar-refractivity contribution in [3.05, 3.63) is 46.0 Å². The number of hydrogen-bond acceptors (Lipinski definition) is 12. The van der Waals surface area contributed by atoms with Gasteiger partial charge in [-0.3, -0.25) is 0 Å². The van der Waals surface area contributed by atoms with Crippen LogP contribution in [0, 0.1) is 87.7 Å². The normalized spacial score (nSPS) is 5.62. The predicted molar refractivity (Wildman–Crippen MR) is 37.4 cm³/mol. The van der Waals surface area contributed by atoms with E-state index in [0.29, 0.717) is 0 Å². The summed E-state index contributed by atoms with van der Waals surface area (Å²) in [5.74, 6) is 0. The van der Waals surface area contributed by atoms with Gasteiger partial charge in [0.05, 0.1) is 15.3 Å². The minimum Gasteiger partial charge on any atom is -0.356 e. The van der Waals surface area contributed by atoms with E-state index in [4.69, 9.17) is 56.5 Å². The molecular weight excluding hydrogens is 374 g/mol. The standard InChI is InChI=1S/Ce.3NO3.H2O3/c;3*2-1(3)4;1-3-2/h;;;;1-2H/q+3;3*-1;. The molecule has 1 radical (unpaired) electrons. The van der Waals surface area contributed by atoms with Crippen molar-refractivity contribution in [2.24, 2.45) is 0 Å². The summed E-state index contributed by atoms with van der Waals surface area (Å²) in [7, 11) is 0. The zero-order valence-electron chi connectivity index (χ0n) is 6.82. The van der Waals surface area contributed by atoms with Gasteiger partial charge >= 0.3 is 41.7 Å². The number of nitrogens with zero attached hydrogens (tertiary/aromatic N) is 3. The van der Waals surface area contributed by atoms with Crippen LogP contribution in [0.5, 0.6) is 0 Å². The van der Waals surface area contributed by atoms with Gasteiger partial charge in [-0.25, -0.2) is 10.5 Å². The molecule has 0 aromatic carbocycles. The van der Waals surface area contributed by atoms with Crippen LogP contribution in [0.2, 0.25) is 0 Å². The Kier molecular flexibility index (Phi) is 53.6. The van der Waals surface area contributed by atoms with E-state index >= 15 is 0 Å². The van der Waals surface area contributed by atoms with E-state index in [9.17, 15) is 0 Å². The molecule has 0 saturated heterocycles. The van der Waals surface area contributed by atoms with Crippen molar-refractivity contribution in [3.8, 4) is 0 Å². The molecule has 16 heavy (non-hydrogen) atoms. The summed E-state index contributed by atoms with van der Waals surface area (Å²) < 4.78 is 0. The molecule has 0 aliphatic carbocycles. The Hall–Kier alpha value is -1.14. The largest absolute Gasteiger partial charge is 3.00 e. The van der Waals surface area contributed by atoms with Crippen molar-refractivity contribution in [2.45, 2.75) is 0 Å². The van der Waals surface area contributed by atoms with Gasteiger partial charge in [0.1, 0.15) is 0 Å². The van der Waals surface area contributed by atoms with Gasteiger partial charge in [0.15, 0.2) is 0 Å². The number of rotatable bonds is 0. The monoisotopic (exact) mass is 376 g/mol. The zero-order chi connectivity index (χ0) is 13.4. The summed E-state index contributed by atoms with van der Waals surface area (Å²) in [5, 5.41) is 59.8. The first-order valence-electron chi connectivity index (χ1n) is 2.01. The van der Waals surface area contributed by atoms with Crippen LogP contribution in [-0.4, -0.2) is 25.8 Å². The average molecular weight is 376 g/mol. The van der Waals surface area contributed by atoms with Crippen molar-refractivity contribution in [1.29, 1.82) is 0 Å². The van der Waals surface area contributed by atoms with Gasteiger partial charge in [0.2, 0.25) is 0 Å². The molecule has 0 rings (SSSR count). The Balaban J connectivity index is -0.0000000331. The zero-order valence-corrected chi connectivity index (χ0v) is 9.96. The Morgan fingerprint density at radius 1 is 0.688 bits per heavy atom. The Morgan fingerprint density at radius 2 is 0.688 bits per heavy atom. The number of hydrogen-bond donors (Lipinski definition) is 2. The van der Waals surface area contributed by atoms with E-state index in [-0.39, 0.29) is 41.7 Å². The molecule has 0 unspecified atom stereocenters. The third-order valence-corrected chi connectivity index (χ3v) is 0. The molecule has 16 heteroatoms. The van der Waals surface area contributed by atoms with Crippen LogP contribution < -0.4 is 0 Å². The summed E-state index contributed by atoms with van der Waals surface area (Å²) in [6.45, 7) is 0. The molecule has 0 aromatic rings. The van der Waals surface area contributed by atoms with E-state index < -0.39 is 15.3 Å². The molecule has 2 N–H and O–H groups in total. The second-order valence-electron chi connectivity index (χ2n) is 0.752. The fourth-order valence-electron chi connectivity index (χ4n) is 0. The van der Waals surface area contributed by atoms with Crippen LogP contribution in [-0.2, 0) is 5.04 Å². The molecule has 0 atom stereocenters. The fraction of sp³-hybridized carbons (Fsp3) is 0. The molecule has 0 fully saturated rings. The van der Waals surface area contributed by atoms with Gasteiger partial charge in [-0.1, -0.05) is 5.04 Å². The first-order valence-corrected chi connectivity index (χ1v) is 2.01. The molecular formula is H2CeN3O12. The fourth-order valence-corrected chi connectivity index (χ4v) is 0. The van der Waals surface area contributed by atoms with Crippen LogP contribution >= 0.6 is 0 Å². The van der Waals surface area contributed by atoms with Crippen LogP contribution in [0.25, 0.3) is 0 Å². The van der Waals surface area contributed by atoms with Crippen molar-refractivity contribution in [3.63, 3.8) is 0 Å². The van der Waals surface area contributed by atoms with E-state index in [0.717, 1.165) is 0 Å². The topological polar surface area (TPSA) is 248 Å². The minimum atomic E-state index is -1.75. The molecule has 0 heterocycles. The molecule has 0 amide bonds. The first-order chi connectivity index (χ1) is 6.61. The van der Waals surface area contributed by atoms with Crippen LogP contribution in [0.4, 0.5) is 0 Å². The molecule has 0 saturated carbocycles. The van der Waals surface area contributed by atoms with Gasteiger partial charge in [0, 0.05) is 0 Å². The van der Waals surface area contributed by atoms with Crippen molar-refractivity contribution >= 4 is 0 Å². The summed E-state index contributed by atoms with van der Waals surface area (Å²) >= 11 is 0. The predicted octanol–water partition coefficient (Wildman–Crippen LogP) is -0.768. The van der Waals surface area contributed by atoms with Gasteiger partial charge in [-0.05, 0) is 0 Å². The Bertz CT molecular complexity index is 125. The molecule has 0 aliphatic heterocycles. The van der Waals surface area contributed by atoms with E-state index in [2.05, 4.69) is 5.04 Å². The quantitative estimate of drug-likeness (QED) is 0.300. The van der Waals surface area contributed by atoms with Crippen LogP contribution in [0.15, 0.2) is 0 Å². The summed E-state index contributed by atoms with van der Waals surface area (Å²) in [5.41, 5.74) is 0. The van der Waals surface area contributed by atoms with E-state index in [1.807, 2.05) is 0 Å². The Labute approximate surface area is 118 Å². The summed E-state index contributed by atoms with van der Waals surface area (Å²) in [6.07, 6.45) is 0. The van der Waals surface area contributed by atoms with Gasteiger partial charge < -0.3 is 46.0 Å². The van der Waals surface area contributed by atoms with E-state index in [1.165, 1.54) is 0 Å². The third-order valence-electron chi connectivity index (χ3n) is 0. The third kappa shape index (κ3) is 1380. The minimum absolute atomic E-state index is 0. The smallest absolute Gasteiger partial charge is 0.356 e. The maximum absolute atomic E-state index is 8.25. The van der Waals surface area contributed by atoms with Gasteiger partial charge in [0.25, 0.3) is 0 Å². The van der Waals surface area contributed by atoms with Gasteiger partial charge in [-0.2, -0.15) is 0 Å². The molecule has 15 nitrogen and oxygen atoms in total. The van der Waals surface area contributed by atoms with Crippen molar-refractivity contribution in [1.82, 2.24) is 0 Å². The van der Waals surface area contributed by atoms with Gasteiger partial charge in [-0.15, -0.1) is 0 Å². The molecule has 0 aliphatic rings. The second-order valence-corrected chi connectivity index (χ2v) is 0.752. The SMILES string of the molecule is O=[N+]([O-])[O-].O=[N+]([O-])[O-].O=[N+]([O-])[O-].OOO.[Ce+3]. The maximum Gasteiger partial charge on any atom is 3.00 e. The maximum atomic E-state index is 8.25. The molecule has 0 aromatic heterocycles. The molecule has 0 spiro atoms. The van der Waals surface area contributed by atoms with E-state index in [1.54, 1.807) is 0 Å². The van der Waals surface area contributed by atoms with Crippen LogP contribution in [0.3, 0.4) is 0 Å². The molecule has 93 valence electrons. The molecule has 0 bridgehead atoms.